The molecule has 1 unspecified atom stereocenters. The fraction of sp³-hybridized carbons (Fsp3) is 0.667. The van der Waals surface area contributed by atoms with Gasteiger partial charge in [-0.25, -0.2) is 4.99 Å². The van der Waals surface area contributed by atoms with Crippen LogP contribution >= 0.6 is 0 Å². The van der Waals surface area contributed by atoms with Crippen molar-refractivity contribution in [2.45, 2.75) is 6.42 Å². The summed E-state index contributed by atoms with van der Waals surface area (Å²) >= 11 is 0. The van der Waals surface area contributed by atoms with E-state index in [0.29, 0.717) is 0 Å². The third-order valence-electron chi connectivity index (χ3n) is 2.43. The van der Waals surface area contributed by atoms with E-state index in [1.807, 2.05) is 6.08 Å². The fourth-order valence-electron chi connectivity index (χ4n) is 1.58. The molecule has 0 bridgehead atoms. The Morgan fingerprint density at radius 3 is 3.08 bits per heavy atom. The molecule has 0 aromatic rings. The zero-order valence-electron chi connectivity index (χ0n) is 7.66. The van der Waals surface area contributed by atoms with Gasteiger partial charge in [-0.3, -0.25) is 4.48 Å². The first-order valence-corrected chi connectivity index (χ1v) is 4.33. The third-order valence-corrected chi connectivity index (χ3v) is 2.43. The van der Waals surface area contributed by atoms with Crippen LogP contribution in [0, 0.1) is 0 Å². The van der Waals surface area contributed by atoms with Crippen LogP contribution in [0.3, 0.4) is 0 Å². The van der Waals surface area contributed by atoms with Crippen LogP contribution in [0.4, 0.5) is 0 Å². The van der Waals surface area contributed by atoms with Crippen molar-refractivity contribution in [3.63, 3.8) is 0 Å². The van der Waals surface area contributed by atoms with Crippen LogP contribution in [0.1, 0.15) is 6.42 Å². The number of quaternary nitrogens is 1. The van der Waals surface area contributed by atoms with Gasteiger partial charge in [0.2, 0.25) is 5.84 Å². The fourth-order valence-corrected chi connectivity index (χ4v) is 1.58. The number of amidine groups is 1. The van der Waals surface area contributed by atoms with Gasteiger partial charge >= 0.3 is 0 Å². The van der Waals surface area contributed by atoms with Crippen molar-refractivity contribution in [3.05, 3.63) is 12.7 Å². The Bertz CT molecular complexity index is 201. The zero-order valence-corrected chi connectivity index (χ0v) is 7.66. The van der Waals surface area contributed by atoms with Crippen LogP contribution in [-0.4, -0.2) is 48.7 Å². The molecule has 0 saturated heterocycles. The second-order valence-electron chi connectivity index (χ2n) is 3.36. The molecule has 3 nitrogen and oxygen atoms in total. The molecule has 0 saturated carbocycles. The predicted octanol–water partition coefficient (Wildman–Crippen LogP) is 0.414. The van der Waals surface area contributed by atoms with Crippen molar-refractivity contribution < 1.29 is 9.59 Å². The summed E-state index contributed by atoms with van der Waals surface area (Å²) in [5.41, 5.74) is 0. The van der Waals surface area contributed by atoms with Crippen LogP contribution in [0.25, 0.3) is 0 Å². The molecule has 12 heavy (non-hydrogen) atoms. The Balaban J connectivity index is 2.64. The molecule has 0 aromatic carbocycles. The number of aliphatic hydroxyl groups excluding tert-OH is 1. The lowest BCUT2D eigenvalue weighted by Gasteiger charge is -2.28. The van der Waals surface area contributed by atoms with Gasteiger partial charge in [0.05, 0.1) is 26.6 Å². The van der Waals surface area contributed by atoms with E-state index in [9.17, 15) is 0 Å². The van der Waals surface area contributed by atoms with Crippen LogP contribution in [-0.2, 0) is 0 Å². The molecule has 1 rings (SSSR count). The normalized spacial score (nSPS) is 28.7. The van der Waals surface area contributed by atoms with Crippen molar-refractivity contribution in [2.24, 2.45) is 4.99 Å². The molecule has 3 heteroatoms. The number of hydrogen-bond acceptors (Lipinski definition) is 2. The minimum absolute atomic E-state index is 0.229. The van der Waals surface area contributed by atoms with Crippen molar-refractivity contribution in [2.75, 3.05) is 33.3 Å². The number of hydrogen-bond donors (Lipinski definition) is 1. The van der Waals surface area contributed by atoms with Crippen molar-refractivity contribution in [1.29, 1.82) is 0 Å². The molecule has 1 aliphatic rings. The molecule has 1 atom stereocenters. The largest absolute Gasteiger partial charge is 0.390 e. The standard InChI is InChI=1S/C9H17N2O/c1-3-4-9-10-5-6-11(9,2)7-8-12/h3,12H,1,4-8H2,2H3/q+1. The molecule has 0 aliphatic carbocycles. The number of aliphatic hydroxyl groups is 1. The minimum atomic E-state index is 0.229. The Morgan fingerprint density at radius 1 is 1.75 bits per heavy atom. The molecular formula is C9H17N2O+. The summed E-state index contributed by atoms with van der Waals surface area (Å²) in [7, 11) is 2.12. The predicted molar refractivity (Wildman–Crippen MR) is 50.1 cm³/mol. The van der Waals surface area contributed by atoms with Gasteiger partial charge in [-0.05, 0) is 0 Å². The second-order valence-corrected chi connectivity index (χ2v) is 3.36. The molecular weight excluding hydrogens is 152 g/mol. The van der Waals surface area contributed by atoms with Crippen molar-refractivity contribution in [1.82, 2.24) is 0 Å². The number of aliphatic imine (C=N–C) groups is 1. The van der Waals surface area contributed by atoms with Gasteiger partial charge in [-0.2, -0.15) is 0 Å². The van der Waals surface area contributed by atoms with E-state index in [0.717, 1.165) is 36.4 Å². The molecule has 1 aliphatic heterocycles. The van der Waals surface area contributed by atoms with Crippen LogP contribution in [0.15, 0.2) is 17.6 Å². The lowest BCUT2D eigenvalue weighted by molar-refractivity contribution is -0.815. The van der Waals surface area contributed by atoms with Gasteiger partial charge in [-0.1, -0.05) is 6.08 Å². The Hall–Kier alpha value is -0.670. The molecule has 1 heterocycles. The SMILES string of the molecule is C=CCC1=NCC[N+]1(C)CCO. The zero-order chi connectivity index (χ0) is 9.03. The molecule has 0 spiro atoms. The highest BCUT2D eigenvalue weighted by Gasteiger charge is 2.31. The van der Waals surface area contributed by atoms with Gasteiger partial charge in [0.15, 0.2) is 0 Å². The second kappa shape index (κ2) is 3.83. The highest BCUT2D eigenvalue weighted by Crippen LogP contribution is 2.13. The average molecular weight is 169 g/mol. The first-order valence-electron chi connectivity index (χ1n) is 4.33. The summed E-state index contributed by atoms with van der Waals surface area (Å²) in [5, 5.41) is 8.88. The summed E-state index contributed by atoms with van der Waals surface area (Å²) in [6, 6.07) is 0. The van der Waals surface area contributed by atoms with E-state index in [-0.39, 0.29) is 6.61 Å². The quantitative estimate of drug-likeness (QED) is 0.480. The van der Waals surface area contributed by atoms with Crippen molar-refractivity contribution in [3.8, 4) is 0 Å². The first-order chi connectivity index (χ1) is 5.73. The molecule has 0 amide bonds. The van der Waals surface area contributed by atoms with Gasteiger partial charge in [0, 0.05) is 0 Å². The Kier molecular flexibility index (Phi) is 3.00. The third kappa shape index (κ3) is 1.73. The molecule has 0 aromatic heterocycles. The van der Waals surface area contributed by atoms with E-state index in [4.69, 9.17) is 5.11 Å². The van der Waals surface area contributed by atoms with Crippen LogP contribution < -0.4 is 0 Å². The van der Waals surface area contributed by atoms with Gasteiger partial charge < -0.3 is 5.11 Å². The van der Waals surface area contributed by atoms with Crippen LogP contribution in [0.2, 0.25) is 0 Å². The summed E-state index contributed by atoms with van der Waals surface area (Å²) in [6.45, 7) is 6.60. The number of likely N-dealkylation sites (N-methyl/N-ethyl adjacent to an activating group) is 1. The topological polar surface area (TPSA) is 32.6 Å². The maximum absolute atomic E-state index is 8.88. The first kappa shape index (κ1) is 9.42. The Labute approximate surface area is 73.6 Å². The van der Waals surface area contributed by atoms with E-state index in [2.05, 4.69) is 18.6 Å². The van der Waals surface area contributed by atoms with Crippen LogP contribution in [0.5, 0.6) is 0 Å². The van der Waals surface area contributed by atoms with Gasteiger partial charge in [0.25, 0.3) is 0 Å². The summed E-state index contributed by atoms with van der Waals surface area (Å²) < 4.78 is 0.794. The van der Waals surface area contributed by atoms with Gasteiger partial charge in [0.1, 0.15) is 13.1 Å². The van der Waals surface area contributed by atoms with E-state index >= 15 is 0 Å². The minimum Gasteiger partial charge on any atom is -0.390 e. The summed E-state index contributed by atoms with van der Waals surface area (Å²) in [5.74, 6) is 1.15. The summed E-state index contributed by atoms with van der Waals surface area (Å²) in [4.78, 5) is 4.40. The number of nitrogens with zero attached hydrogens (tertiary/aromatic N) is 2. The maximum atomic E-state index is 8.88. The maximum Gasteiger partial charge on any atom is 0.202 e. The molecule has 68 valence electrons. The molecule has 0 radical (unpaired) electrons. The molecule has 1 N–H and O–H groups in total. The summed E-state index contributed by atoms with van der Waals surface area (Å²) in [6.07, 6.45) is 2.72. The van der Waals surface area contributed by atoms with E-state index in [1.54, 1.807) is 0 Å². The lowest BCUT2D eigenvalue weighted by Crippen LogP contribution is -2.48. The van der Waals surface area contributed by atoms with E-state index in [1.165, 1.54) is 0 Å². The smallest absolute Gasteiger partial charge is 0.202 e. The average Bonchev–Trinajstić information content (AvgIpc) is 2.35. The van der Waals surface area contributed by atoms with Gasteiger partial charge in [-0.15, -0.1) is 6.58 Å². The molecule has 0 fully saturated rings. The highest BCUT2D eigenvalue weighted by molar-refractivity contribution is 5.78. The number of rotatable bonds is 4. The monoisotopic (exact) mass is 169 g/mol. The lowest BCUT2D eigenvalue weighted by atomic mass is 10.3. The van der Waals surface area contributed by atoms with Crippen molar-refractivity contribution >= 4 is 5.84 Å². The Morgan fingerprint density at radius 2 is 2.50 bits per heavy atom. The highest BCUT2D eigenvalue weighted by atomic mass is 16.3. The van der Waals surface area contributed by atoms with E-state index < -0.39 is 0 Å².